The Labute approximate surface area is 180 Å². The lowest BCUT2D eigenvalue weighted by Crippen LogP contribution is -2.38. The van der Waals surface area contributed by atoms with E-state index in [0.29, 0.717) is 13.0 Å². The topological polar surface area (TPSA) is 66.8 Å². The number of amides is 1. The van der Waals surface area contributed by atoms with E-state index in [0.717, 1.165) is 11.3 Å². The minimum Gasteiger partial charge on any atom is -0.481 e. The summed E-state index contributed by atoms with van der Waals surface area (Å²) in [5.41, 5.74) is 6.38. The third kappa shape index (κ3) is 3.46. The predicted octanol–water partition coefficient (Wildman–Crippen LogP) is 5.40. The third-order valence-electron chi connectivity index (χ3n) is 6.35. The number of aliphatic carboxylic acids is 1. The van der Waals surface area contributed by atoms with Gasteiger partial charge in [-0.1, -0.05) is 66.7 Å². The van der Waals surface area contributed by atoms with Crippen molar-refractivity contribution in [1.82, 2.24) is 0 Å². The summed E-state index contributed by atoms with van der Waals surface area (Å²) in [6.07, 6.45) is 0.284. The Bertz CT molecular complexity index is 1110. The van der Waals surface area contributed by atoms with Gasteiger partial charge in [-0.15, -0.1) is 0 Å². The van der Waals surface area contributed by atoms with Gasteiger partial charge in [-0.3, -0.25) is 9.69 Å². The normalized spacial score (nSPS) is 16.9. The number of carbonyl (C=O) groups is 2. The van der Waals surface area contributed by atoms with Crippen molar-refractivity contribution in [3.8, 4) is 11.1 Å². The molecule has 5 nitrogen and oxygen atoms in total. The van der Waals surface area contributed by atoms with E-state index in [-0.39, 0.29) is 31.0 Å². The van der Waals surface area contributed by atoms with Gasteiger partial charge in [0, 0.05) is 12.5 Å². The van der Waals surface area contributed by atoms with Gasteiger partial charge in [0.15, 0.2) is 0 Å². The van der Waals surface area contributed by atoms with Crippen LogP contribution in [0.25, 0.3) is 11.1 Å². The highest BCUT2D eigenvalue weighted by Crippen LogP contribution is 2.45. The molecule has 3 aromatic rings. The van der Waals surface area contributed by atoms with Crippen LogP contribution in [0.4, 0.5) is 10.5 Å². The van der Waals surface area contributed by atoms with Crippen molar-refractivity contribution in [1.29, 1.82) is 0 Å². The number of hydrogen-bond donors (Lipinski definition) is 1. The number of ether oxygens (including phenoxy) is 1. The second kappa shape index (κ2) is 7.91. The van der Waals surface area contributed by atoms with Gasteiger partial charge in [-0.2, -0.15) is 0 Å². The van der Waals surface area contributed by atoms with Crippen LogP contribution in [0.1, 0.15) is 41.4 Å². The number of benzene rings is 3. The number of anilines is 1. The third-order valence-corrected chi connectivity index (χ3v) is 6.35. The average molecular weight is 413 g/mol. The van der Waals surface area contributed by atoms with E-state index in [1.54, 1.807) is 4.90 Å². The Morgan fingerprint density at radius 2 is 1.45 bits per heavy atom. The molecule has 5 rings (SSSR count). The minimum absolute atomic E-state index is 0.0103. The standard InChI is InChI=1S/C26H23NO4/c28-25(29)15-17-13-14-27(24-12-6-5-7-18(17)24)26(30)31-16-23-21-10-3-1-8-19(21)20-9-2-4-11-22(20)23/h1-12,17,23H,13-16H2,(H,28,29). The SMILES string of the molecule is O=C(O)CC1CCN(C(=O)OCC2c3ccccc3-c3ccccc32)c2ccccc21. The summed E-state index contributed by atoms with van der Waals surface area (Å²) in [6, 6.07) is 24.0. The van der Waals surface area contributed by atoms with Crippen LogP contribution in [-0.2, 0) is 9.53 Å². The van der Waals surface area contributed by atoms with Crippen molar-refractivity contribution in [3.63, 3.8) is 0 Å². The summed E-state index contributed by atoms with van der Waals surface area (Å²) >= 11 is 0. The summed E-state index contributed by atoms with van der Waals surface area (Å²) in [4.78, 5) is 25.9. The lowest BCUT2D eigenvalue weighted by Gasteiger charge is -2.33. The molecule has 0 bridgehead atoms. The molecule has 0 spiro atoms. The molecule has 1 heterocycles. The maximum absolute atomic E-state index is 13.1. The molecule has 0 fully saturated rings. The van der Waals surface area contributed by atoms with Crippen LogP contribution < -0.4 is 4.90 Å². The number of hydrogen-bond acceptors (Lipinski definition) is 3. The van der Waals surface area contributed by atoms with Gasteiger partial charge in [0.25, 0.3) is 0 Å². The van der Waals surface area contributed by atoms with Crippen molar-refractivity contribution in [2.45, 2.75) is 24.7 Å². The van der Waals surface area contributed by atoms with E-state index in [1.807, 2.05) is 48.5 Å². The molecule has 1 aliphatic carbocycles. The number of rotatable bonds is 4. The van der Waals surface area contributed by atoms with Crippen molar-refractivity contribution < 1.29 is 19.4 Å². The molecular weight excluding hydrogens is 390 g/mol. The van der Waals surface area contributed by atoms with Crippen LogP contribution in [0.2, 0.25) is 0 Å². The number of nitrogens with zero attached hydrogens (tertiary/aromatic N) is 1. The molecule has 1 amide bonds. The Kier molecular flexibility index (Phi) is 4.94. The van der Waals surface area contributed by atoms with Crippen LogP contribution in [-0.4, -0.2) is 30.3 Å². The van der Waals surface area contributed by atoms with E-state index in [2.05, 4.69) is 24.3 Å². The molecule has 1 unspecified atom stereocenters. The Hall–Kier alpha value is -3.60. The summed E-state index contributed by atoms with van der Waals surface area (Å²) in [6.45, 7) is 0.718. The first kappa shape index (κ1) is 19.4. The lowest BCUT2D eigenvalue weighted by molar-refractivity contribution is -0.137. The van der Waals surface area contributed by atoms with Crippen LogP contribution in [0, 0.1) is 0 Å². The van der Waals surface area contributed by atoms with Gasteiger partial charge < -0.3 is 9.84 Å². The van der Waals surface area contributed by atoms with Gasteiger partial charge in [0.1, 0.15) is 6.61 Å². The highest BCUT2D eigenvalue weighted by Gasteiger charge is 2.33. The maximum Gasteiger partial charge on any atom is 0.414 e. The molecule has 1 atom stereocenters. The summed E-state index contributed by atoms with van der Waals surface area (Å²) < 4.78 is 5.82. The predicted molar refractivity (Wildman–Crippen MR) is 118 cm³/mol. The zero-order valence-electron chi connectivity index (χ0n) is 17.0. The smallest absolute Gasteiger partial charge is 0.414 e. The first-order valence-corrected chi connectivity index (χ1v) is 10.6. The Morgan fingerprint density at radius 3 is 2.10 bits per heavy atom. The molecular formula is C26H23NO4. The molecule has 0 saturated carbocycles. The monoisotopic (exact) mass is 413 g/mol. The minimum atomic E-state index is -0.825. The number of para-hydroxylation sites is 1. The zero-order chi connectivity index (χ0) is 21.4. The molecule has 1 aliphatic heterocycles. The van der Waals surface area contributed by atoms with E-state index in [4.69, 9.17) is 4.74 Å². The van der Waals surface area contributed by atoms with E-state index < -0.39 is 5.97 Å². The maximum atomic E-state index is 13.1. The molecule has 31 heavy (non-hydrogen) atoms. The summed E-state index contributed by atoms with van der Waals surface area (Å²) in [7, 11) is 0. The largest absolute Gasteiger partial charge is 0.481 e. The van der Waals surface area contributed by atoms with E-state index >= 15 is 0 Å². The van der Waals surface area contributed by atoms with Crippen LogP contribution >= 0.6 is 0 Å². The number of carbonyl (C=O) groups excluding carboxylic acids is 1. The summed E-state index contributed by atoms with van der Waals surface area (Å²) in [5.74, 6) is -0.906. The van der Waals surface area contributed by atoms with Gasteiger partial charge >= 0.3 is 12.1 Å². The molecule has 1 N–H and O–H groups in total. The van der Waals surface area contributed by atoms with Crippen LogP contribution in [0.3, 0.4) is 0 Å². The fourth-order valence-corrected chi connectivity index (χ4v) is 4.92. The second-order valence-corrected chi connectivity index (χ2v) is 8.10. The molecule has 2 aliphatic rings. The van der Waals surface area contributed by atoms with Gasteiger partial charge in [0.05, 0.1) is 12.1 Å². The molecule has 5 heteroatoms. The number of carboxylic acid groups (broad SMARTS) is 1. The quantitative estimate of drug-likeness (QED) is 0.622. The first-order valence-electron chi connectivity index (χ1n) is 10.6. The fraction of sp³-hybridized carbons (Fsp3) is 0.231. The zero-order valence-corrected chi connectivity index (χ0v) is 17.0. The average Bonchev–Trinajstić information content (AvgIpc) is 3.11. The molecule has 0 aromatic heterocycles. The van der Waals surface area contributed by atoms with E-state index in [9.17, 15) is 14.7 Å². The molecule has 0 saturated heterocycles. The van der Waals surface area contributed by atoms with Crippen LogP contribution in [0.15, 0.2) is 72.8 Å². The van der Waals surface area contributed by atoms with Gasteiger partial charge in [0.2, 0.25) is 0 Å². The van der Waals surface area contributed by atoms with Crippen molar-refractivity contribution in [2.24, 2.45) is 0 Å². The highest BCUT2D eigenvalue weighted by atomic mass is 16.6. The summed E-state index contributed by atoms with van der Waals surface area (Å²) in [5, 5.41) is 9.23. The lowest BCUT2D eigenvalue weighted by atomic mass is 9.87. The Morgan fingerprint density at radius 1 is 0.871 bits per heavy atom. The van der Waals surface area contributed by atoms with E-state index in [1.165, 1.54) is 22.3 Å². The number of carboxylic acids is 1. The van der Waals surface area contributed by atoms with Gasteiger partial charge in [-0.25, -0.2) is 4.79 Å². The van der Waals surface area contributed by atoms with Crippen LogP contribution in [0.5, 0.6) is 0 Å². The molecule has 0 radical (unpaired) electrons. The number of fused-ring (bicyclic) bond motifs is 4. The van der Waals surface area contributed by atoms with Crippen molar-refractivity contribution >= 4 is 17.7 Å². The van der Waals surface area contributed by atoms with Crippen molar-refractivity contribution in [3.05, 3.63) is 89.5 Å². The molecule has 156 valence electrons. The molecule has 3 aromatic carbocycles. The highest BCUT2D eigenvalue weighted by molar-refractivity contribution is 5.90. The fourth-order valence-electron chi connectivity index (χ4n) is 4.92. The van der Waals surface area contributed by atoms with Crippen molar-refractivity contribution in [2.75, 3.05) is 18.1 Å². The Balaban J connectivity index is 1.36. The second-order valence-electron chi connectivity index (χ2n) is 8.10. The first-order chi connectivity index (χ1) is 15.1. The van der Waals surface area contributed by atoms with Gasteiger partial charge in [-0.05, 0) is 46.2 Å².